The van der Waals surface area contributed by atoms with Crippen LogP contribution in [0, 0.1) is 11.3 Å². The molecule has 4 rings (SSSR count). The molecule has 2 aromatic carbocycles. The Balaban J connectivity index is 1.26. The van der Waals surface area contributed by atoms with Gasteiger partial charge in [0.2, 0.25) is 5.91 Å². The summed E-state index contributed by atoms with van der Waals surface area (Å²) in [6.45, 7) is 6.51. The fourth-order valence-electron chi connectivity index (χ4n) is 5.56. The van der Waals surface area contributed by atoms with Gasteiger partial charge >= 0.3 is 0 Å². The lowest BCUT2D eigenvalue weighted by molar-refractivity contribution is -0.138. The molecule has 0 radical (unpaired) electrons. The second-order valence-corrected chi connectivity index (χ2v) is 11.0. The molecule has 2 aliphatic rings. The van der Waals surface area contributed by atoms with Gasteiger partial charge in [-0.05, 0) is 74.1 Å². The van der Waals surface area contributed by atoms with Gasteiger partial charge in [-0.3, -0.25) is 9.59 Å². The van der Waals surface area contributed by atoms with Gasteiger partial charge in [-0.15, -0.1) is 0 Å². The van der Waals surface area contributed by atoms with Crippen LogP contribution in [0.3, 0.4) is 0 Å². The van der Waals surface area contributed by atoms with E-state index in [-0.39, 0.29) is 11.8 Å². The van der Waals surface area contributed by atoms with Gasteiger partial charge < -0.3 is 14.5 Å². The van der Waals surface area contributed by atoms with Crippen LogP contribution < -0.4 is 4.74 Å². The Labute approximate surface area is 214 Å². The van der Waals surface area contributed by atoms with Crippen LogP contribution in [-0.2, 0) is 10.2 Å². The Morgan fingerprint density at radius 3 is 2.43 bits per heavy atom. The van der Waals surface area contributed by atoms with Crippen molar-refractivity contribution >= 4 is 23.4 Å². The van der Waals surface area contributed by atoms with Crippen LogP contribution in [0.1, 0.15) is 61.9 Å². The molecule has 2 fully saturated rings. The quantitative estimate of drug-likeness (QED) is 0.463. The van der Waals surface area contributed by atoms with E-state index in [9.17, 15) is 9.59 Å². The second-order valence-electron chi connectivity index (χ2n) is 10.6. The Kier molecular flexibility index (Phi) is 7.46. The van der Waals surface area contributed by atoms with Crippen molar-refractivity contribution in [3.8, 4) is 5.75 Å². The van der Waals surface area contributed by atoms with Crippen molar-refractivity contribution in [3.63, 3.8) is 0 Å². The minimum Gasteiger partial charge on any atom is -0.494 e. The topological polar surface area (TPSA) is 49.9 Å². The van der Waals surface area contributed by atoms with Crippen LogP contribution in [-0.4, -0.2) is 55.4 Å². The van der Waals surface area contributed by atoms with E-state index in [1.54, 1.807) is 26.2 Å². The summed E-state index contributed by atoms with van der Waals surface area (Å²) in [5, 5.41) is 0.413. The number of hydrogen-bond acceptors (Lipinski definition) is 3. The van der Waals surface area contributed by atoms with Crippen LogP contribution in [0.2, 0.25) is 5.02 Å². The van der Waals surface area contributed by atoms with Gasteiger partial charge in [-0.1, -0.05) is 48.9 Å². The Morgan fingerprint density at radius 2 is 1.83 bits per heavy atom. The van der Waals surface area contributed by atoms with E-state index >= 15 is 0 Å². The zero-order valence-electron chi connectivity index (χ0n) is 21.4. The van der Waals surface area contributed by atoms with Gasteiger partial charge in [-0.25, -0.2) is 0 Å². The van der Waals surface area contributed by atoms with Crippen LogP contribution >= 0.6 is 11.6 Å². The summed E-state index contributed by atoms with van der Waals surface area (Å²) in [4.78, 5) is 29.2. The molecule has 1 spiro atoms. The molecule has 1 unspecified atom stereocenters. The number of hydrogen-bond donors (Lipinski definition) is 0. The van der Waals surface area contributed by atoms with Gasteiger partial charge in [-0.2, -0.15) is 0 Å². The normalized spacial score (nSPS) is 20.3. The van der Waals surface area contributed by atoms with Gasteiger partial charge in [0.25, 0.3) is 5.91 Å². The Bertz CT molecular complexity index is 1060. The van der Waals surface area contributed by atoms with E-state index in [4.69, 9.17) is 16.3 Å². The molecule has 2 aromatic rings. The summed E-state index contributed by atoms with van der Waals surface area (Å²) >= 11 is 6.30. The molecule has 5 nitrogen and oxygen atoms in total. The highest BCUT2D eigenvalue weighted by atomic mass is 35.5. The third-order valence-corrected chi connectivity index (χ3v) is 8.62. The molecule has 0 aromatic heterocycles. The molecule has 1 saturated carbocycles. The van der Waals surface area contributed by atoms with E-state index in [0.29, 0.717) is 34.3 Å². The number of benzene rings is 2. The van der Waals surface area contributed by atoms with E-state index in [1.807, 2.05) is 24.3 Å². The van der Waals surface area contributed by atoms with Crippen LogP contribution in [0.15, 0.2) is 48.5 Å². The van der Waals surface area contributed by atoms with E-state index in [1.165, 1.54) is 11.3 Å². The minimum absolute atomic E-state index is 0.116. The molecule has 0 N–H and O–H groups in total. The van der Waals surface area contributed by atoms with E-state index in [2.05, 4.69) is 30.9 Å². The number of piperidine rings is 1. The van der Waals surface area contributed by atoms with Crippen molar-refractivity contribution in [2.45, 2.75) is 51.4 Å². The first kappa shape index (κ1) is 25.6. The SMILES string of the molecule is CCC(C)(C(=O)N1CCC2(CC1)C[C@H]2CCOc1ccc(C(=O)N(C)C)c(Cl)c1)c1ccccc1. The molecular weight excluding hydrogens is 460 g/mol. The van der Waals surface area contributed by atoms with Crippen LogP contribution in [0.5, 0.6) is 5.75 Å². The molecule has 1 aliphatic carbocycles. The monoisotopic (exact) mass is 496 g/mol. The molecule has 0 bridgehead atoms. The first-order valence-corrected chi connectivity index (χ1v) is 13.1. The number of carbonyl (C=O) groups excluding carboxylic acids is 2. The van der Waals surface area contributed by atoms with Crippen LogP contribution in [0.4, 0.5) is 0 Å². The number of carbonyl (C=O) groups is 2. The maximum Gasteiger partial charge on any atom is 0.254 e. The summed E-state index contributed by atoms with van der Waals surface area (Å²) in [6.07, 6.45) is 5.17. The number of ether oxygens (including phenoxy) is 1. The zero-order chi connectivity index (χ0) is 25.2. The van der Waals surface area contributed by atoms with E-state index < -0.39 is 5.41 Å². The number of halogens is 1. The zero-order valence-corrected chi connectivity index (χ0v) is 22.1. The molecule has 1 aliphatic heterocycles. The first-order valence-electron chi connectivity index (χ1n) is 12.7. The molecular formula is C29H37ClN2O3. The van der Waals surface area contributed by atoms with Crippen molar-refractivity contribution in [2.75, 3.05) is 33.8 Å². The lowest BCUT2D eigenvalue weighted by atomic mass is 9.78. The number of nitrogens with zero attached hydrogens (tertiary/aromatic N) is 2. The lowest BCUT2D eigenvalue weighted by Crippen LogP contribution is -2.48. The lowest BCUT2D eigenvalue weighted by Gasteiger charge is -2.39. The predicted molar refractivity (Wildman–Crippen MR) is 140 cm³/mol. The van der Waals surface area contributed by atoms with Crippen molar-refractivity contribution in [1.82, 2.24) is 9.80 Å². The largest absolute Gasteiger partial charge is 0.494 e. The maximum absolute atomic E-state index is 13.5. The van der Waals surface area contributed by atoms with Crippen LogP contribution in [0.25, 0.3) is 0 Å². The number of rotatable bonds is 8. The van der Waals surface area contributed by atoms with Crippen molar-refractivity contribution < 1.29 is 14.3 Å². The summed E-state index contributed by atoms with van der Waals surface area (Å²) in [5.74, 6) is 1.49. The average molecular weight is 497 g/mol. The average Bonchev–Trinajstić information content (AvgIpc) is 3.54. The third-order valence-electron chi connectivity index (χ3n) is 8.31. The van der Waals surface area contributed by atoms with Gasteiger partial charge in [0.05, 0.1) is 22.6 Å². The number of amides is 2. The first-order chi connectivity index (χ1) is 16.7. The van der Waals surface area contributed by atoms with Gasteiger partial charge in [0.1, 0.15) is 5.75 Å². The highest BCUT2D eigenvalue weighted by molar-refractivity contribution is 6.34. The highest BCUT2D eigenvalue weighted by Crippen LogP contribution is 2.61. The molecule has 1 heterocycles. The Hall–Kier alpha value is -2.53. The van der Waals surface area contributed by atoms with Crippen molar-refractivity contribution in [2.24, 2.45) is 11.3 Å². The second kappa shape index (κ2) is 10.2. The molecule has 1 saturated heterocycles. The minimum atomic E-state index is -0.462. The standard InChI is InChI=1S/C29H37ClN2O3/c1-5-28(2,21-9-7-6-8-10-21)27(34)32-16-14-29(15-17-32)20-22(29)13-18-35-23-11-12-24(25(30)19-23)26(33)31(3)4/h6-12,19,22H,5,13-18,20H2,1-4H3/t22-,28?/m1/s1. The summed E-state index contributed by atoms with van der Waals surface area (Å²) in [7, 11) is 3.42. The van der Waals surface area contributed by atoms with Crippen molar-refractivity contribution in [3.05, 3.63) is 64.7 Å². The molecule has 35 heavy (non-hydrogen) atoms. The highest BCUT2D eigenvalue weighted by Gasteiger charge is 2.55. The Morgan fingerprint density at radius 1 is 1.14 bits per heavy atom. The van der Waals surface area contributed by atoms with Gasteiger partial charge in [0.15, 0.2) is 0 Å². The fraction of sp³-hybridized carbons (Fsp3) is 0.517. The molecule has 2 amide bonds. The summed E-state index contributed by atoms with van der Waals surface area (Å²) in [5.41, 5.74) is 1.50. The fourth-order valence-corrected chi connectivity index (χ4v) is 5.81. The molecule has 6 heteroatoms. The third kappa shape index (κ3) is 5.20. The van der Waals surface area contributed by atoms with Gasteiger partial charge in [0, 0.05) is 27.2 Å². The maximum atomic E-state index is 13.5. The summed E-state index contributed by atoms with van der Waals surface area (Å²) < 4.78 is 5.96. The van der Waals surface area contributed by atoms with E-state index in [0.717, 1.165) is 44.3 Å². The van der Waals surface area contributed by atoms with Crippen molar-refractivity contribution in [1.29, 1.82) is 0 Å². The number of likely N-dealkylation sites (tertiary alicyclic amines) is 1. The summed E-state index contributed by atoms with van der Waals surface area (Å²) in [6, 6.07) is 15.4. The predicted octanol–water partition coefficient (Wildman–Crippen LogP) is 5.81. The molecule has 2 atom stereocenters. The smallest absolute Gasteiger partial charge is 0.254 e. The molecule has 188 valence electrons.